The Morgan fingerprint density at radius 1 is 0.786 bits per heavy atom. The van der Waals surface area contributed by atoms with Gasteiger partial charge in [-0.3, -0.25) is 4.79 Å². The first-order chi connectivity index (χ1) is 13.7. The minimum atomic E-state index is -0.365. The van der Waals surface area contributed by atoms with Crippen molar-refractivity contribution in [3.05, 3.63) is 103 Å². The summed E-state index contributed by atoms with van der Waals surface area (Å²) in [5, 5.41) is 4.96. The molecule has 0 aromatic heterocycles. The number of nitrogen functional groups attached to an aromatic ring is 1. The van der Waals surface area contributed by atoms with Crippen LogP contribution < -0.4 is 11.1 Å². The van der Waals surface area contributed by atoms with E-state index < -0.39 is 0 Å². The molecule has 4 rings (SSSR count). The van der Waals surface area contributed by atoms with Crippen molar-refractivity contribution >= 4 is 39.8 Å². The van der Waals surface area contributed by atoms with E-state index in [9.17, 15) is 4.79 Å². The predicted octanol–water partition coefficient (Wildman–Crippen LogP) is 5.89. The highest BCUT2D eigenvalue weighted by molar-refractivity contribution is 8.00. The summed E-state index contributed by atoms with van der Waals surface area (Å²) < 4.78 is 0. The van der Waals surface area contributed by atoms with Crippen LogP contribution in [0.5, 0.6) is 0 Å². The summed E-state index contributed by atoms with van der Waals surface area (Å²) in [6, 6.07) is 31.5. The fraction of sp³-hybridized carbons (Fsp3) is 0.0417. The molecule has 1 amide bonds. The number of nitrogens with two attached hydrogens (primary N) is 1. The second-order valence-corrected chi connectivity index (χ2v) is 7.71. The summed E-state index contributed by atoms with van der Waals surface area (Å²) in [4.78, 5) is 14.2. The van der Waals surface area contributed by atoms with Crippen LogP contribution in [0.15, 0.2) is 102 Å². The monoisotopic (exact) mass is 384 g/mol. The summed E-state index contributed by atoms with van der Waals surface area (Å²) in [6.45, 7) is 0. The molecule has 1 unspecified atom stereocenters. The third-order valence-corrected chi connectivity index (χ3v) is 5.76. The number of carbonyl (C=O) groups is 1. The third-order valence-electron chi connectivity index (χ3n) is 4.49. The molecule has 0 saturated heterocycles. The molecule has 3 N–H and O–H groups in total. The van der Waals surface area contributed by atoms with E-state index in [1.807, 2.05) is 91.0 Å². The lowest BCUT2D eigenvalue weighted by Crippen LogP contribution is -2.19. The Balaban J connectivity index is 1.61. The first-order valence-electron chi connectivity index (χ1n) is 9.06. The SMILES string of the molecule is Nc1ccc(SC(C(=O)Nc2ccc3ccccc3c2)c2ccccc2)cc1. The largest absolute Gasteiger partial charge is 0.399 e. The molecule has 0 saturated carbocycles. The van der Waals surface area contributed by atoms with Gasteiger partial charge in [0.05, 0.1) is 0 Å². The molecule has 4 aromatic rings. The van der Waals surface area contributed by atoms with Crippen LogP contribution in [0, 0.1) is 0 Å². The fourth-order valence-corrected chi connectivity index (χ4v) is 4.08. The molecule has 138 valence electrons. The van der Waals surface area contributed by atoms with Crippen LogP contribution in [0.2, 0.25) is 0 Å². The molecule has 28 heavy (non-hydrogen) atoms. The molecule has 1 atom stereocenters. The highest BCUT2D eigenvalue weighted by Gasteiger charge is 2.22. The van der Waals surface area contributed by atoms with Crippen LogP contribution in [0.25, 0.3) is 10.8 Å². The smallest absolute Gasteiger partial charge is 0.242 e. The lowest BCUT2D eigenvalue weighted by molar-refractivity contribution is -0.115. The Labute approximate surface area is 168 Å². The van der Waals surface area contributed by atoms with E-state index in [0.29, 0.717) is 5.69 Å². The van der Waals surface area contributed by atoms with E-state index in [1.54, 1.807) is 0 Å². The number of amides is 1. The molecule has 4 heteroatoms. The second kappa shape index (κ2) is 8.19. The fourth-order valence-electron chi connectivity index (χ4n) is 3.06. The summed E-state index contributed by atoms with van der Waals surface area (Å²) in [5.41, 5.74) is 8.25. The van der Waals surface area contributed by atoms with Crippen molar-refractivity contribution in [2.24, 2.45) is 0 Å². The van der Waals surface area contributed by atoms with Gasteiger partial charge in [-0.15, -0.1) is 11.8 Å². The molecule has 4 aromatic carbocycles. The minimum absolute atomic E-state index is 0.0525. The Kier molecular flexibility index (Phi) is 5.31. The zero-order chi connectivity index (χ0) is 19.3. The average molecular weight is 385 g/mol. The number of carbonyl (C=O) groups excluding carboxylic acids is 1. The van der Waals surface area contributed by atoms with Gasteiger partial charge >= 0.3 is 0 Å². The summed E-state index contributed by atoms with van der Waals surface area (Å²) in [5.74, 6) is -0.0525. The lowest BCUT2D eigenvalue weighted by Gasteiger charge is -2.17. The minimum Gasteiger partial charge on any atom is -0.399 e. The van der Waals surface area contributed by atoms with Crippen LogP contribution in [0.3, 0.4) is 0 Å². The van der Waals surface area contributed by atoms with Crippen molar-refractivity contribution in [1.82, 2.24) is 0 Å². The Hall–Kier alpha value is -3.24. The molecule has 0 fully saturated rings. The van der Waals surface area contributed by atoms with Crippen molar-refractivity contribution in [2.45, 2.75) is 10.1 Å². The maximum atomic E-state index is 13.2. The number of fused-ring (bicyclic) bond motifs is 1. The Bertz CT molecular complexity index is 1090. The van der Waals surface area contributed by atoms with Crippen molar-refractivity contribution in [3.8, 4) is 0 Å². The van der Waals surface area contributed by atoms with Gasteiger partial charge in [-0.25, -0.2) is 0 Å². The molecule has 0 aliphatic heterocycles. The molecule has 0 bridgehead atoms. The van der Waals surface area contributed by atoms with E-state index in [4.69, 9.17) is 5.73 Å². The van der Waals surface area contributed by atoms with Crippen molar-refractivity contribution < 1.29 is 4.79 Å². The molecule has 0 heterocycles. The highest BCUT2D eigenvalue weighted by atomic mass is 32.2. The van der Waals surface area contributed by atoms with Gasteiger partial charge in [-0.05, 0) is 52.7 Å². The van der Waals surface area contributed by atoms with E-state index in [1.165, 1.54) is 11.8 Å². The van der Waals surface area contributed by atoms with Crippen LogP contribution in [0.4, 0.5) is 11.4 Å². The number of benzene rings is 4. The number of rotatable bonds is 5. The van der Waals surface area contributed by atoms with E-state index >= 15 is 0 Å². The van der Waals surface area contributed by atoms with E-state index in [0.717, 1.165) is 26.9 Å². The van der Waals surface area contributed by atoms with Gasteiger partial charge in [0.15, 0.2) is 0 Å². The van der Waals surface area contributed by atoms with Gasteiger partial charge < -0.3 is 11.1 Å². The summed E-state index contributed by atoms with van der Waals surface area (Å²) >= 11 is 1.51. The number of anilines is 2. The van der Waals surface area contributed by atoms with Gasteiger partial charge in [0.25, 0.3) is 0 Å². The summed E-state index contributed by atoms with van der Waals surface area (Å²) in [7, 11) is 0. The van der Waals surface area contributed by atoms with Gasteiger partial charge in [0.2, 0.25) is 5.91 Å². The molecular formula is C24H20N2OS. The lowest BCUT2D eigenvalue weighted by atomic mass is 10.1. The normalized spacial score (nSPS) is 11.9. The van der Waals surface area contributed by atoms with Crippen LogP contribution >= 0.6 is 11.8 Å². The van der Waals surface area contributed by atoms with Crippen molar-refractivity contribution in [2.75, 3.05) is 11.1 Å². The average Bonchev–Trinajstić information content (AvgIpc) is 2.74. The van der Waals surface area contributed by atoms with Crippen LogP contribution in [0.1, 0.15) is 10.8 Å². The predicted molar refractivity (Wildman–Crippen MR) is 118 cm³/mol. The maximum absolute atomic E-state index is 13.2. The standard InChI is InChI=1S/C24H20N2OS/c25-20-11-14-22(15-12-20)28-23(18-7-2-1-3-8-18)24(27)26-21-13-10-17-6-4-5-9-19(17)16-21/h1-16,23H,25H2,(H,26,27). The van der Waals surface area contributed by atoms with Gasteiger partial charge in [0, 0.05) is 16.3 Å². The van der Waals surface area contributed by atoms with Gasteiger partial charge in [-0.2, -0.15) is 0 Å². The first kappa shape index (κ1) is 18.1. The first-order valence-corrected chi connectivity index (χ1v) is 9.94. The number of hydrogen-bond donors (Lipinski definition) is 2. The quantitative estimate of drug-likeness (QED) is 0.333. The maximum Gasteiger partial charge on any atom is 0.242 e. The van der Waals surface area contributed by atoms with Crippen molar-refractivity contribution in [3.63, 3.8) is 0 Å². The molecule has 0 aliphatic carbocycles. The topological polar surface area (TPSA) is 55.1 Å². The van der Waals surface area contributed by atoms with Crippen LogP contribution in [-0.4, -0.2) is 5.91 Å². The molecule has 3 nitrogen and oxygen atoms in total. The highest BCUT2D eigenvalue weighted by Crippen LogP contribution is 2.36. The second-order valence-electron chi connectivity index (χ2n) is 6.53. The van der Waals surface area contributed by atoms with Gasteiger partial charge in [0.1, 0.15) is 5.25 Å². The molecular weight excluding hydrogens is 364 g/mol. The number of nitrogens with one attached hydrogen (secondary N) is 1. The third kappa shape index (κ3) is 4.18. The van der Waals surface area contributed by atoms with E-state index in [2.05, 4.69) is 11.4 Å². The molecule has 0 radical (unpaired) electrons. The Morgan fingerprint density at radius 2 is 1.46 bits per heavy atom. The zero-order valence-electron chi connectivity index (χ0n) is 15.2. The van der Waals surface area contributed by atoms with Crippen molar-refractivity contribution in [1.29, 1.82) is 0 Å². The zero-order valence-corrected chi connectivity index (χ0v) is 16.0. The summed E-state index contributed by atoms with van der Waals surface area (Å²) in [6.07, 6.45) is 0. The molecule has 0 spiro atoms. The number of thioether (sulfide) groups is 1. The Morgan fingerprint density at radius 3 is 2.21 bits per heavy atom. The molecule has 0 aliphatic rings. The van der Waals surface area contributed by atoms with Gasteiger partial charge in [-0.1, -0.05) is 60.7 Å². The van der Waals surface area contributed by atoms with Crippen LogP contribution in [-0.2, 0) is 4.79 Å². The van der Waals surface area contributed by atoms with E-state index in [-0.39, 0.29) is 11.2 Å². The number of hydrogen-bond acceptors (Lipinski definition) is 3.